The number of aliphatic imine (C=N–C) groups is 1. The first-order valence-corrected chi connectivity index (χ1v) is 11.0. The topological polar surface area (TPSA) is 100 Å². The molecule has 0 unspecified atom stereocenters. The Bertz CT molecular complexity index is 882. The number of fused-ring (bicyclic) bond motifs is 1. The van der Waals surface area contributed by atoms with Crippen LogP contribution in [0.15, 0.2) is 28.1 Å². The lowest BCUT2D eigenvalue weighted by Gasteiger charge is -2.33. The summed E-state index contributed by atoms with van der Waals surface area (Å²) in [5.74, 6) is 0.532. The number of anilines is 1. The number of rotatable bonds is 2. The van der Waals surface area contributed by atoms with Crippen molar-refractivity contribution in [2.45, 2.75) is 51.0 Å². The van der Waals surface area contributed by atoms with Gasteiger partial charge in [0.2, 0.25) is 5.96 Å². The molecule has 0 atom stereocenters. The van der Waals surface area contributed by atoms with E-state index >= 15 is 0 Å². The van der Waals surface area contributed by atoms with Gasteiger partial charge in [-0.25, -0.2) is 17.9 Å². The summed E-state index contributed by atoms with van der Waals surface area (Å²) in [7, 11) is -3.62. The van der Waals surface area contributed by atoms with Crippen molar-refractivity contribution >= 4 is 27.8 Å². The van der Waals surface area contributed by atoms with Gasteiger partial charge in [-0.3, -0.25) is 4.99 Å². The van der Waals surface area contributed by atoms with Crippen molar-refractivity contribution in [3.63, 3.8) is 0 Å². The minimum atomic E-state index is -3.62. The predicted octanol–water partition coefficient (Wildman–Crippen LogP) is 2.70. The molecule has 0 radical (unpaired) electrons. The highest BCUT2D eigenvalue weighted by atomic mass is 32.2. The summed E-state index contributed by atoms with van der Waals surface area (Å²) in [5.41, 5.74) is 0.724. The van der Waals surface area contributed by atoms with Crippen LogP contribution in [0.25, 0.3) is 0 Å². The fraction of sp³-hybridized carbons (Fsp3) is 0.579. The number of guanidine groups is 1. The predicted molar refractivity (Wildman–Crippen MR) is 108 cm³/mol. The molecule has 0 aromatic heterocycles. The number of sulfonamides is 1. The molecule has 9 heteroatoms. The first kappa shape index (κ1) is 20.4. The van der Waals surface area contributed by atoms with E-state index in [4.69, 9.17) is 4.74 Å². The average Bonchev–Trinajstić information content (AvgIpc) is 2.58. The molecule has 2 aliphatic heterocycles. The van der Waals surface area contributed by atoms with E-state index in [0.29, 0.717) is 30.9 Å². The number of piperidine rings is 1. The van der Waals surface area contributed by atoms with Crippen LogP contribution in [-0.2, 0) is 14.8 Å². The maximum atomic E-state index is 12.5. The van der Waals surface area contributed by atoms with E-state index in [2.05, 4.69) is 15.0 Å². The Morgan fingerprint density at radius 1 is 1.29 bits per heavy atom. The SMILES string of the molecule is Cc1cccc2c1S(=O)(=O)NC(=NCC1CCN(C(=O)OC(C)(C)C)CC1)N2. The van der Waals surface area contributed by atoms with Crippen LogP contribution in [-0.4, -0.2) is 50.6 Å². The van der Waals surface area contributed by atoms with Crippen molar-refractivity contribution < 1.29 is 17.9 Å². The van der Waals surface area contributed by atoms with E-state index in [0.717, 1.165) is 12.8 Å². The number of benzene rings is 1. The molecule has 2 heterocycles. The minimum absolute atomic E-state index is 0.243. The van der Waals surface area contributed by atoms with Crippen molar-refractivity contribution in [3.8, 4) is 0 Å². The van der Waals surface area contributed by atoms with Gasteiger partial charge in [0.15, 0.2) is 0 Å². The van der Waals surface area contributed by atoms with Crippen LogP contribution in [0.2, 0.25) is 0 Å². The zero-order valence-corrected chi connectivity index (χ0v) is 17.6. The normalized spacial score (nSPS) is 20.9. The Hall–Kier alpha value is -2.29. The summed E-state index contributed by atoms with van der Waals surface area (Å²) in [5, 5.41) is 3.06. The number of hydrogen-bond acceptors (Lipinski definition) is 5. The number of ether oxygens (including phenoxy) is 1. The second kappa shape index (κ2) is 7.62. The standard InChI is InChI=1S/C19H28N4O4S/c1-13-6-5-7-15-16(13)28(25,26)22-17(21-15)20-12-14-8-10-23(11-9-14)18(24)27-19(2,3)4/h5-7,14H,8-12H2,1-4H3,(H2,20,21,22). The van der Waals surface area contributed by atoms with Crippen LogP contribution in [0, 0.1) is 12.8 Å². The summed E-state index contributed by atoms with van der Waals surface area (Å²) < 4.78 is 32.9. The van der Waals surface area contributed by atoms with Gasteiger partial charge in [0.05, 0.1) is 5.69 Å². The number of nitrogens with one attached hydrogen (secondary N) is 2. The molecule has 1 amide bonds. The number of likely N-dealkylation sites (tertiary alicyclic amines) is 1. The van der Waals surface area contributed by atoms with E-state index in [1.54, 1.807) is 24.0 Å². The molecule has 1 aromatic carbocycles. The third-order valence-electron chi connectivity index (χ3n) is 4.74. The smallest absolute Gasteiger partial charge is 0.410 e. The summed E-state index contributed by atoms with van der Waals surface area (Å²) in [4.78, 5) is 18.6. The van der Waals surface area contributed by atoms with Gasteiger partial charge in [-0.05, 0) is 58.1 Å². The third-order valence-corrected chi connectivity index (χ3v) is 6.28. The quantitative estimate of drug-likeness (QED) is 0.784. The van der Waals surface area contributed by atoms with E-state index < -0.39 is 15.6 Å². The second-order valence-corrected chi connectivity index (χ2v) is 9.90. The van der Waals surface area contributed by atoms with E-state index in [1.165, 1.54) is 0 Å². The van der Waals surface area contributed by atoms with Crippen molar-refractivity contribution in [1.82, 2.24) is 9.62 Å². The van der Waals surface area contributed by atoms with Crippen LogP contribution in [0.5, 0.6) is 0 Å². The van der Waals surface area contributed by atoms with Gasteiger partial charge in [0.1, 0.15) is 10.5 Å². The van der Waals surface area contributed by atoms with Gasteiger partial charge in [-0.2, -0.15) is 0 Å². The minimum Gasteiger partial charge on any atom is -0.444 e. The van der Waals surface area contributed by atoms with Gasteiger partial charge in [-0.1, -0.05) is 12.1 Å². The molecule has 0 bridgehead atoms. The third kappa shape index (κ3) is 4.76. The molecule has 1 aromatic rings. The summed E-state index contributed by atoms with van der Waals surface area (Å²) in [6.07, 6.45) is 1.32. The lowest BCUT2D eigenvalue weighted by Crippen LogP contribution is -2.43. The number of aryl methyl sites for hydroxylation is 1. The maximum Gasteiger partial charge on any atom is 0.410 e. The molecule has 8 nitrogen and oxygen atoms in total. The number of amides is 1. The van der Waals surface area contributed by atoms with Crippen molar-refractivity contribution in [2.24, 2.45) is 10.9 Å². The fourth-order valence-electron chi connectivity index (χ4n) is 3.36. The summed E-state index contributed by atoms with van der Waals surface area (Å²) in [6, 6.07) is 5.31. The van der Waals surface area contributed by atoms with Crippen molar-refractivity contribution in [1.29, 1.82) is 0 Å². The molecule has 0 spiro atoms. The van der Waals surface area contributed by atoms with Gasteiger partial charge in [0.25, 0.3) is 10.0 Å². The van der Waals surface area contributed by atoms with Crippen LogP contribution in [0.4, 0.5) is 10.5 Å². The van der Waals surface area contributed by atoms with Crippen LogP contribution >= 0.6 is 0 Å². The largest absolute Gasteiger partial charge is 0.444 e. The molecule has 1 saturated heterocycles. The molecule has 2 N–H and O–H groups in total. The van der Waals surface area contributed by atoms with Crippen LogP contribution in [0.3, 0.4) is 0 Å². The summed E-state index contributed by atoms with van der Waals surface area (Å²) >= 11 is 0. The molecule has 2 aliphatic rings. The van der Waals surface area contributed by atoms with Gasteiger partial charge in [-0.15, -0.1) is 0 Å². The Kier molecular flexibility index (Phi) is 5.56. The van der Waals surface area contributed by atoms with Crippen molar-refractivity contribution in [3.05, 3.63) is 23.8 Å². The highest BCUT2D eigenvalue weighted by molar-refractivity contribution is 7.90. The van der Waals surface area contributed by atoms with Crippen LogP contribution in [0.1, 0.15) is 39.2 Å². The first-order chi connectivity index (χ1) is 13.0. The number of nitrogens with zero attached hydrogens (tertiary/aromatic N) is 2. The highest BCUT2D eigenvalue weighted by Gasteiger charge is 2.29. The lowest BCUT2D eigenvalue weighted by molar-refractivity contribution is 0.0187. The molecule has 0 saturated carbocycles. The maximum absolute atomic E-state index is 12.5. The van der Waals surface area contributed by atoms with Gasteiger partial charge in [0, 0.05) is 19.6 Å². The molecular formula is C19H28N4O4S. The Balaban J connectivity index is 1.58. The molecule has 3 rings (SSSR count). The van der Waals surface area contributed by atoms with Gasteiger partial charge < -0.3 is 15.0 Å². The first-order valence-electron chi connectivity index (χ1n) is 9.47. The molecule has 28 heavy (non-hydrogen) atoms. The van der Waals surface area contributed by atoms with E-state index in [1.807, 2.05) is 26.8 Å². The Labute approximate surface area is 166 Å². The molecule has 154 valence electrons. The zero-order chi connectivity index (χ0) is 20.5. The fourth-order valence-corrected chi connectivity index (χ4v) is 4.73. The number of carbonyl (C=O) groups excluding carboxylic acids is 1. The molecule has 0 aliphatic carbocycles. The molecular weight excluding hydrogens is 380 g/mol. The summed E-state index contributed by atoms with van der Waals surface area (Å²) in [6.45, 7) is 9.05. The number of hydrogen-bond donors (Lipinski definition) is 2. The van der Waals surface area contributed by atoms with Crippen LogP contribution < -0.4 is 10.0 Å². The van der Waals surface area contributed by atoms with Crippen molar-refractivity contribution in [2.75, 3.05) is 25.0 Å². The van der Waals surface area contributed by atoms with Gasteiger partial charge >= 0.3 is 6.09 Å². The monoisotopic (exact) mass is 408 g/mol. The van der Waals surface area contributed by atoms with E-state index in [-0.39, 0.29) is 22.9 Å². The van der Waals surface area contributed by atoms with E-state index in [9.17, 15) is 13.2 Å². The zero-order valence-electron chi connectivity index (χ0n) is 16.8. The molecule has 1 fully saturated rings. The average molecular weight is 409 g/mol. The lowest BCUT2D eigenvalue weighted by atomic mass is 9.97. The Morgan fingerprint density at radius 2 is 1.96 bits per heavy atom. The highest BCUT2D eigenvalue weighted by Crippen LogP contribution is 2.28. The number of carbonyl (C=O) groups is 1. The second-order valence-electron chi connectivity index (χ2n) is 8.28. The Morgan fingerprint density at radius 3 is 2.61 bits per heavy atom.